The maximum atomic E-state index is 10.1. The standard InChI is InChI=1S/C2H2Br2N2O2/c3-5-1(7)2(8)6-4/h(H,5,7)(H,6,8). The zero-order valence-electron chi connectivity index (χ0n) is 3.57. The van der Waals surface area contributed by atoms with Gasteiger partial charge in [0.15, 0.2) is 0 Å². The first-order chi connectivity index (χ1) is 3.72. The van der Waals surface area contributed by atoms with Crippen LogP contribution in [-0.2, 0) is 9.59 Å². The molecule has 0 radical (unpaired) electrons. The van der Waals surface area contributed by atoms with Gasteiger partial charge in [0.05, 0.1) is 0 Å². The lowest BCUT2D eigenvalue weighted by Gasteiger charge is -1.90. The highest BCUT2D eigenvalue weighted by atomic mass is 79.9. The van der Waals surface area contributed by atoms with Crippen LogP contribution in [0.4, 0.5) is 0 Å². The first-order valence-corrected chi connectivity index (χ1v) is 3.12. The van der Waals surface area contributed by atoms with Crippen molar-refractivity contribution in [1.82, 2.24) is 8.69 Å². The maximum absolute atomic E-state index is 10.1. The lowest BCUT2D eigenvalue weighted by Crippen LogP contribution is -2.30. The summed E-state index contributed by atoms with van der Waals surface area (Å²) in [5.74, 6) is -1.50. The lowest BCUT2D eigenvalue weighted by molar-refractivity contribution is -0.136. The fraction of sp³-hybridized carbons (Fsp3) is 0. The molecule has 0 saturated heterocycles. The SMILES string of the molecule is O=C(NBr)C(=O)NBr. The van der Waals surface area contributed by atoms with Gasteiger partial charge in [-0.3, -0.25) is 18.3 Å². The highest BCUT2D eigenvalue weighted by molar-refractivity contribution is 9.08. The van der Waals surface area contributed by atoms with E-state index in [9.17, 15) is 9.59 Å². The molecular weight excluding hydrogens is 244 g/mol. The zero-order chi connectivity index (χ0) is 6.57. The molecule has 46 valence electrons. The van der Waals surface area contributed by atoms with E-state index in [2.05, 4.69) is 32.3 Å². The number of amides is 2. The van der Waals surface area contributed by atoms with Crippen molar-refractivity contribution in [3.63, 3.8) is 0 Å². The Hall–Kier alpha value is -0.100. The number of halogens is 2. The molecule has 0 fully saturated rings. The summed E-state index contributed by atoms with van der Waals surface area (Å²) in [5.41, 5.74) is 0. The summed E-state index contributed by atoms with van der Waals surface area (Å²) in [6.07, 6.45) is 0. The average molecular weight is 246 g/mol. The minimum Gasteiger partial charge on any atom is -0.284 e. The summed E-state index contributed by atoms with van der Waals surface area (Å²) in [5, 5.41) is 0. The number of hydrogen-bond donors (Lipinski definition) is 2. The molecule has 0 aromatic rings. The fourth-order valence-corrected chi connectivity index (χ4v) is 0.446. The Morgan fingerprint density at radius 3 is 1.38 bits per heavy atom. The van der Waals surface area contributed by atoms with E-state index >= 15 is 0 Å². The van der Waals surface area contributed by atoms with Crippen LogP contribution in [0.5, 0.6) is 0 Å². The Morgan fingerprint density at radius 1 is 1.00 bits per heavy atom. The van der Waals surface area contributed by atoms with Gasteiger partial charge in [0, 0.05) is 32.3 Å². The first-order valence-electron chi connectivity index (χ1n) is 1.54. The van der Waals surface area contributed by atoms with Crippen LogP contribution in [0.15, 0.2) is 0 Å². The van der Waals surface area contributed by atoms with E-state index in [0.29, 0.717) is 0 Å². The quantitative estimate of drug-likeness (QED) is 0.460. The normalized spacial score (nSPS) is 7.75. The van der Waals surface area contributed by atoms with Crippen molar-refractivity contribution in [2.45, 2.75) is 0 Å². The minimum atomic E-state index is -0.748. The number of carbonyl (C=O) groups excluding carboxylic acids is 2. The summed E-state index contributed by atoms with van der Waals surface area (Å²) in [6.45, 7) is 0. The third kappa shape index (κ3) is 2.27. The largest absolute Gasteiger partial charge is 0.319 e. The van der Waals surface area contributed by atoms with E-state index in [1.165, 1.54) is 0 Å². The first kappa shape index (κ1) is 7.90. The van der Waals surface area contributed by atoms with Gasteiger partial charge in [-0.1, -0.05) is 0 Å². The molecule has 0 aliphatic carbocycles. The second kappa shape index (κ2) is 3.85. The fourth-order valence-electron chi connectivity index (χ4n) is 0.0858. The molecule has 0 spiro atoms. The molecule has 2 amide bonds. The molecule has 0 rings (SSSR count). The second-order valence-corrected chi connectivity index (χ2v) is 1.64. The molecule has 0 saturated carbocycles. The molecule has 0 aliphatic rings. The third-order valence-corrected chi connectivity index (χ3v) is 1.10. The van der Waals surface area contributed by atoms with Crippen molar-refractivity contribution in [3.05, 3.63) is 0 Å². The molecule has 0 atom stereocenters. The van der Waals surface area contributed by atoms with Gasteiger partial charge >= 0.3 is 11.8 Å². The van der Waals surface area contributed by atoms with Crippen molar-refractivity contribution < 1.29 is 9.59 Å². The van der Waals surface area contributed by atoms with E-state index in [0.717, 1.165) is 0 Å². The maximum Gasteiger partial charge on any atom is 0.319 e. The van der Waals surface area contributed by atoms with Crippen molar-refractivity contribution in [2.24, 2.45) is 0 Å². The topological polar surface area (TPSA) is 58.2 Å². The summed E-state index contributed by atoms with van der Waals surface area (Å²) in [7, 11) is 0. The van der Waals surface area contributed by atoms with E-state index < -0.39 is 11.8 Å². The van der Waals surface area contributed by atoms with Gasteiger partial charge in [-0.25, -0.2) is 0 Å². The molecule has 8 heavy (non-hydrogen) atoms. The van der Waals surface area contributed by atoms with E-state index in [4.69, 9.17) is 0 Å². The molecular formula is C2H2Br2N2O2. The second-order valence-electron chi connectivity index (χ2n) is 0.847. The summed E-state index contributed by atoms with van der Waals surface area (Å²) in [6, 6.07) is 0. The Labute approximate surface area is 62.7 Å². The van der Waals surface area contributed by atoms with Gasteiger partial charge in [-0.15, -0.1) is 0 Å². The summed E-state index contributed by atoms with van der Waals surface area (Å²) < 4.78 is 3.89. The molecule has 0 heterocycles. The van der Waals surface area contributed by atoms with Crippen LogP contribution in [0.3, 0.4) is 0 Å². The molecule has 0 bridgehead atoms. The van der Waals surface area contributed by atoms with E-state index in [-0.39, 0.29) is 0 Å². The predicted octanol–water partition coefficient (Wildman–Crippen LogP) is -0.161. The number of hydrogen-bond acceptors (Lipinski definition) is 2. The number of rotatable bonds is 0. The van der Waals surface area contributed by atoms with Crippen LogP contribution in [0, 0.1) is 0 Å². The van der Waals surface area contributed by atoms with Gasteiger partial charge in [-0.05, 0) is 0 Å². The van der Waals surface area contributed by atoms with Gasteiger partial charge in [0.25, 0.3) is 0 Å². The molecule has 2 N–H and O–H groups in total. The summed E-state index contributed by atoms with van der Waals surface area (Å²) >= 11 is 5.15. The van der Waals surface area contributed by atoms with Gasteiger partial charge in [-0.2, -0.15) is 0 Å². The lowest BCUT2D eigenvalue weighted by atomic mass is 10.6. The Balaban J connectivity index is 3.64. The molecule has 0 aliphatic heterocycles. The Bertz CT molecular complexity index is 101. The molecule has 0 unspecified atom stereocenters. The monoisotopic (exact) mass is 244 g/mol. The van der Waals surface area contributed by atoms with Crippen molar-refractivity contribution in [2.75, 3.05) is 0 Å². The van der Waals surface area contributed by atoms with Gasteiger partial charge < -0.3 is 0 Å². The van der Waals surface area contributed by atoms with Crippen molar-refractivity contribution in [3.8, 4) is 0 Å². The Morgan fingerprint density at radius 2 is 1.25 bits per heavy atom. The smallest absolute Gasteiger partial charge is 0.284 e. The van der Waals surface area contributed by atoms with Gasteiger partial charge in [0.1, 0.15) is 0 Å². The van der Waals surface area contributed by atoms with Crippen molar-refractivity contribution in [1.29, 1.82) is 0 Å². The van der Waals surface area contributed by atoms with Crippen LogP contribution in [0.25, 0.3) is 0 Å². The molecule has 0 aromatic carbocycles. The molecule has 0 aromatic heterocycles. The average Bonchev–Trinajstić information content (AvgIpc) is 1.84. The van der Waals surface area contributed by atoms with Crippen molar-refractivity contribution >= 4 is 44.1 Å². The van der Waals surface area contributed by atoms with Crippen LogP contribution < -0.4 is 8.69 Å². The van der Waals surface area contributed by atoms with E-state index in [1.54, 1.807) is 0 Å². The van der Waals surface area contributed by atoms with Crippen LogP contribution in [0.2, 0.25) is 0 Å². The van der Waals surface area contributed by atoms with Crippen LogP contribution in [-0.4, -0.2) is 11.8 Å². The number of carbonyl (C=O) groups is 2. The highest BCUT2D eigenvalue weighted by Crippen LogP contribution is 1.74. The molecule has 4 nitrogen and oxygen atoms in total. The van der Waals surface area contributed by atoms with Crippen LogP contribution in [0.1, 0.15) is 0 Å². The number of nitrogens with one attached hydrogen (secondary N) is 2. The van der Waals surface area contributed by atoms with Gasteiger partial charge in [0.2, 0.25) is 0 Å². The Kier molecular flexibility index (Phi) is 3.80. The highest BCUT2D eigenvalue weighted by Gasteiger charge is 2.07. The minimum absolute atomic E-state index is 0.748. The predicted molar refractivity (Wildman–Crippen MR) is 34.1 cm³/mol. The zero-order valence-corrected chi connectivity index (χ0v) is 6.74. The third-order valence-electron chi connectivity index (χ3n) is 0.378. The molecule has 6 heteroatoms. The van der Waals surface area contributed by atoms with E-state index in [1.807, 2.05) is 8.69 Å². The van der Waals surface area contributed by atoms with Crippen LogP contribution >= 0.6 is 32.3 Å². The summed E-state index contributed by atoms with van der Waals surface area (Å²) in [4.78, 5) is 20.3.